The molecular weight excluding hydrogens is 244 g/mol. The number of rotatable bonds is 5. The van der Waals surface area contributed by atoms with Gasteiger partial charge in [0.25, 0.3) is 0 Å². The summed E-state index contributed by atoms with van der Waals surface area (Å²) < 4.78 is 10.9. The number of benzene rings is 1. The molecule has 1 aliphatic rings. The van der Waals surface area contributed by atoms with Crippen molar-refractivity contribution in [1.29, 1.82) is 5.26 Å². The van der Waals surface area contributed by atoms with Gasteiger partial charge in [-0.15, -0.1) is 0 Å². The van der Waals surface area contributed by atoms with Gasteiger partial charge in [0.1, 0.15) is 12.4 Å². The van der Waals surface area contributed by atoms with Gasteiger partial charge in [-0.2, -0.15) is 5.26 Å². The van der Waals surface area contributed by atoms with E-state index in [1.54, 1.807) is 18.2 Å². The van der Waals surface area contributed by atoms with Crippen molar-refractivity contribution in [3.63, 3.8) is 0 Å². The average Bonchev–Trinajstić information content (AvgIpc) is 2.48. The van der Waals surface area contributed by atoms with E-state index < -0.39 is 0 Å². The number of nitrogens with zero attached hydrogens (tertiary/aromatic N) is 2. The molecule has 1 aromatic rings. The van der Waals surface area contributed by atoms with E-state index in [-0.39, 0.29) is 12.6 Å². The third-order valence-corrected chi connectivity index (χ3v) is 3.17. The Hall–Kier alpha value is -1.61. The molecule has 1 atom stereocenters. The zero-order chi connectivity index (χ0) is 13.5. The summed E-state index contributed by atoms with van der Waals surface area (Å²) in [6, 6.07) is 9.25. The van der Waals surface area contributed by atoms with Crippen molar-refractivity contribution in [3.8, 4) is 11.8 Å². The molecule has 0 saturated carbocycles. The number of hydrogen-bond donors (Lipinski definition) is 1. The van der Waals surface area contributed by atoms with Crippen molar-refractivity contribution >= 4 is 0 Å². The molecule has 0 aromatic heterocycles. The van der Waals surface area contributed by atoms with Crippen LogP contribution in [-0.4, -0.2) is 55.6 Å². The molecule has 1 heterocycles. The van der Waals surface area contributed by atoms with Gasteiger partial charge in [-0.05, 0) is 18.2 Å². The topological polar surface area (TPSA) is 65.7 Å². The highest BCUT2D eigenvalue weighted by Crippen LogP contribution is 2.13. The van der Waals surface area contributed by atoms with Crippen LogP contribution in [0.4, 0.5) is 0 Å². The molecule has 5 heteroatoms. The molecule has 1 aromatic carbocycles. The summed E-state index contributed by atoms with van der Waals surface area (Å²) in [5, 5.41) is 18.1. The van der Waals surface area contributed by atoms with Gasteiger partial charge in [-0.3, -0.25) is 4.90 Å². The van der Waals surface area contributed by atoms with Gasteiger partial charge in [0.15, 0.2) is 0 Å². The first kappa shape index (κ1) is 13.8. The molecule has 0 spiro atoms. The number of hydrogen-bond acceptors (Lipinski definition) is 5. The minimum atomic E-state index is 0.0581. The molecule has 1 fully saturated rings. The zero-order valence-corrected chi connectivity index (χ0v) is 10.8. The number of aliphatic hydroxyl groups excluding tert-OH is 1. The maximum absolute atomic E-state index is 9.25. The Labute approximate surface area is 113 Å². The Morgan fingerprint density at radius 1 is 1.53 bits per heavy atom. The standard InChI is InChI=1S/C14H18N2O3/c15-9-12-2-1-3-14(8-12)19-7-5-16-4-6-18-11-13(16)10-17/h1-3,8,13,17H,4-7,10-11H2. The lowest BCUT2D eigenvalue weighted by Gasteiger charge is -2.34. The lowest BCUT2D eigenvalue weighted by molar-refractivity contribution is -0.0312. The zero-order valence-electron chi connectivity index (χ0n) is 10.8. The molecule has 0 bridgehead atoms. The van der Waals surface area contributed by atoms with Crippen LogP contribution in [-0.2, 0) is 4.74 Å². The Balaban J connectivity index is 1.80. The lowest BCUT2D eigenvalue weighted by Crippen LogP contribution is -2.48. The second-order valence-corrected chi connectivity index (χ2v) is 4.44. The SMILES string of the molecule is N#Cc1cccc(OCCN2CCOCC2CO)c1. The van der Waals surface area contributed by atoms with Gasteiger partial charge >= 0.3 is 0 Å². The van der Waals surface area contributed by atoms with Crippen LogP contribution in [0.1, 0.15) is 5.56 Å². The number of morpholine rings is 1. The summed E-state index contributed by atoms with van der Waals surface area (Å²) >= 11 is 0. The molecule has 0 amide bonds. The fraction of sp³-hybridized carbons (Fsp3) is 0.500. The van der Waals surface area contributed by atoms with Crippen LogP contribution >= 0.6 is 0 Å². The largest absolute Gasteiger partial charge is 0.492 e. The molecule has 102 valence electrons. The second kappa shape index (κ2) is 7.10. The van der Waals surface area contributed by atoms with Crippen LogP contribution in [0.15, 0.2) is 24.3 Å². The van der Waals surface area contributed by atoms with Crippen LogP contribution in [0, 0.1) is 11.3 Å². The first-order chi connectivity index (χ1) is 9.33. The van der Waals surface area contributed by atoms with E-state index in [0.29, 0.717) is 31.1 Å². The van der Waals surface area contributed by atoms with Gasteiger partial charge in [-0.1, -0.05) is 6.07 Å². The molecule has 0 aliphatic carbocycles. The minimum absolute atomic E-state index is 0.0581. The maximum atomic E-state index is 9.25. The molecule has 1 saturated heterocycles. The predicted octanol–water partition coefficient (Wildman–Crippen LogP) is 0.630. The van der Waals surface area contributed by atoms with E-state index in [2.05, 4.69) is 11.0 Å². The Morgan fingerprint density at radius 3 is 3.21 bits per heavy atom. The predicted molar refractivity (Wildman–Crippen MR) is 69.9 cm³/mol. The maximum Gasteiger partial charge on any atom is 0.120 e. The molecule has 1 unspecified atom stereocenters. The van der Waals surface area contributed by atoms with Crippen LogP contribution in [0.5, 0.6) is 5.75 Å². The summed E-state index contributed by atoms with van der Waals surface area (Å²) in [6.45, 7) is 3.45. The van der Waals surface area contributed by atoms with E-state index in [1.807, 2.05) is 6.07 Å². The average molecular weight is 262 g/mol. The molecule has 5 nitrogen and oxygen atoms in total. The van der Waals surface area contributed by atoms with Gasteiger partial charge in [-0.25, -0.2) is 0 Å². The number of nitriles is 1. The Morgan fingerprint density at radius 2 is 2.42 bits per heavy atom. The third kappa shape index (κ3) is 3.93. The van der Waals surface area contributed by atoms with Crippen LogP contribution in [0.2, 0.25) is 0 Å². The first-order valence-electron chi connectivity index (χ1n) is 6.39. The van der Waals surface area contributed by atoms with E-state index in [4.69, 9.17) is 14.7 Å². The smallest absolute Gasteiger partial charge is 0.120 e. The summed E-state index contributed by atoms with van der Waals surface area (Å²) in [4.78, 5) is 2.16. The lowest BCUT2D eigenvalue weighted by atomic mass is 10.2. The normalized spacial score (nSPS) is 19.9. The highest BCUT2D eigenvalue weighted by molar-refractivity contribution is 5.36. The number of aliphatic hydroxyl groups is 1. The molecule has 0 radical (unpaired) electrons. The number of ether oxygens (including phenoxy) is 2. The Kier molecular flexibility index (Phi) is 5.16. The van der Waals surface area contributed by atoms with Crippen molar-refractivity contribution in [1.82, 2.24) is 4.90 Å². The highest BCUT2D eigenvalue weighted by Gasteiger charge is 2.21. The fourth-order valence-electron chi connectivity index (χ4n) is 2.09. The van der Waals surface area contributed by atoms with Crippen molar-refractivity contribution in [2.75, 3.05) is 39.5 Å². The van der Waals surface area contributed by atoms with Crippen molar-refractivity contribution in [3.05, 3.63) is 29.8 Å². The van der Waals surface area contributed by atoms with Crippen molar-refractivity contribution in [2.45, 2.75) is 6.04 Å². The van der Waals surface area contributed by atoms with E-state index in [9.17, 15) is 5.11 Å². The summed E-state index contributed by atoms with van der Waals surface area (Å²) in [5.74, 6) is 0.702. The first-order valence-corrected chi connectivity index (χ1v) is 6.39. The third-order valence-electron chi connectivity index (χ3n) is 3.17. The quantitative estimate of drug-likeness (QED) is 0.843. The molecule has 2 rings (SSSR count). The molecule has 1 aliphatic heterocycles. The monoisotopic (exact) mass is 262 g/mol. The summed E-state index contributed by atoms with van der Waals surface area (Å²) in [5.41, 5.74) is 0.595. The molecule has 19 heavy (non-hydrogen) atoms. The van der Waals surface area contributed by atoms with Crippen LogP contribution in [0.3, 0.4) is 0 Å². The van der Waals surface area contributed by atoms with Gasteiger partial charge in [0.2, 0.25) is 0 Å². The highest BCUT2D eigenvalue weighted by atomic mass is 16.5. The van der Waals surface area contributed by atoms with Crippen LogP contribution < -0.4 is 4.74 Å². The summed E-state index contributed by atoms with van der Waals surface area (Å²) in [6.07, 6.45) is 0. The van der Waals surface area contributed by atoms with Gasteiger partial charge in [0, 0.05) is 13.1 Å². The summed E-state index contributed by atoms with van der Waals surface area (Å²) in [7, 11) is 0. The second-order valence-electron chi connectivity index (χ2n) is 4.44. The van der Waals surface area contributed by atoms with Crippen molar-refractivity contribution in [2.24, 2.45) is 0 Å². The molecular formula is C14H18N2O3. The minimum Gasteiger partial charge on any atom is -0.492 e. The fourth-order valence-corrected chi connectivity index (χ4v) is 2.09. The van der Waals surface area contributed by atoms with Gasteiger partial charge in [0.05, 0.1) is 37.5 Å². The molecule has 1 N–H and O–H groups in total. The van der Waals surface area contributed by atoms with Crippen LogP contribution in [0.25, 0.3) is 0 Å². The van der Waals surface area contributed by atoms with E-state index >= 15 is 0 Å². The Bertz CT molecular complexity index is 445. The van der Waals surface area contributed by atoms with Crippen molar-refractivity contribution < 1.29 is 14.6 Å². The van der Waals surface area contributed by atoms with E-state index in [0.717, 1.165) is 13.1 Å². The van der Waals surface area contributed by atoms with E-state index in [1.165, 1.54) is 0 Å². The van der Waals surface area contributed by atoms with Gasteiger partial charge < -0.3 is 14.6 Å².